The fraction of sp³-hybridized carbons (Fsp3) is 0.647. The van der Waals surface area contributed by atoms with Crippen molar-refractivity contribution in [2.75, 3.05) is 7.11 Å². The van der Waals surface area contributed by atoms with Crippen LogP contribution in [0, 0.1) is 17.2 Å². The van der Waals surface area contributed by atoms with Gasteiger partial charge in [0.15, 0.2) is 11.6 Å². The number of rotatable bonds is 7. The lowest BCUT2D eigenvalue weighted by Gasteiger charge is -2.26. The summed E-state index contributed by atoms with van der Waals surface area (Å²) in [5, 5.41) is 0. The van der Waals surface area contributed by atoms with Crippen LogP contribution in [-0.2, 0) is 6.42 Å². The molecule has 0 aliphatic rings. The molecule has 2 atom stereocenters. The van der Waals surface area contributed by atoms with E-state index in [-0.39, 0.29) is 17.6 Å². The standard InChI is InChI=1S/C17H29FN2O/c1-12(11-17(2,3)4)8-14(20-19)9-13-6-7-16(21-5)15(18)10-13/h6-7,10,12,14,20H,8-9,11,19H2,1-5H3. The van der Waals surface area contributed by atoms with Gasteiger partial charge in [-0.15, -0.1) is 0 Å². The smallest absolute Gasteiger partial charge is 0.165 e. The average molecular weight is 296 g/mol. The number of hydrazine groups is 1. The third-order valence-corrected chi connectivity index (χ3v) is 3.58. The zero-order valence-corrected chi connectivity index (χ0v) is 13.9. The van der Waals surface area contributed by atoms with Gasteiger partial charge in [0.25, 0.3) is 0 Å². The molecule has 0 aromatic heterocycles. The predicted octanol–water partition coefficient (Wildman–Crippen LogP) is 3.67. The van der Waals surface area contributed by atoms with Gasteiger partial charge in [-0.2, -0.15) is 0 Å². The molecule has 1 aromatic rings. The van der Waals surface area contributed by atoms with Gasteiger partial charge in [-0.3, -0.25) is 11.3 Å². The largest absolute Gasteiger partial charge is 0.494 e. The molecular weight excluding hydrogens is 267 g/mol. The SMILES string of the molecule is COc1ccc(CC(CC(C)CC(C)(C)C)NN)cc1F. The molecule has 0 aliphatic carbocycles. The molecular formula is C17H29FN2O. The summed E-state index contributed by atoms with van der Waals surface area (Å²) in [6.07, 6.45) is 2.83. The third-order valence-electron chi connectivity index (χ3n) is 3.58. The Hall–Kier alpha value is -1.13. The maximum Gasteiger partial charge on any atom is 0.165 e. The first-order chi connectivity index (χ1) is 9.75. The van der Waals surface area contributed by atoms with E-state index in [1.807, 2.05) is 6.07 Å². The normalized spacial score (nSPS) is 14.8. The number of ether oxygens (including phenoxy) is 1. The van der Waals surface area contributed by atoms with Crippen LogP contribution >= 0.6 is 0 Å². The van der Waals surface area contributed by atoms with Gasteiger partial charge in [-0.1, -0.05) is 33.8 Å². The van der Waals surface area contributed by atoms with E-state index in [9.17, 15) is 4.39 Å². The number of benzene rings is 1. The number of halogens is 1. The van der Waals surface area contributed by atoms with Crippen molar-refractivity contribution < 1.29 is 9.13 Å². The Labute approximate surface area is 128 Å². The molecule has 0 spiro atoms. The minimum absolute atomic E-state index is 0.148. The highest BCUT2D eigenvalue weighted by molar-refractivity contribution is 5.29. The quantitative estimate of drug-likeness (QED) is 0.596. The fourth-order valence-corrected chi connectivity index (χ4v) is 2.95. The van der Waals surface area contributed by atoms with E-state index in [4.69, 9.17) is 10.6 Å². The van der Waals surface area contributed by atoms with E-state index >= 15 is 0 Å². The molecule has 0 bridgehead atoms. The first-order valence-electron chi connectivity index (χ1n) is 7.53. The van der Waals surface area contributed by atoms with E-state index in [2.05, 4.69) is 33.1 Å². The van der Waals surface area contributed by atoms with Gasteiger partial charge in [-0.05, 0) is 48.3 Å². The summed E-state index contributed by atoms with van der Waals surface area (Å²) >= 11 is 0. The summed E-state index contributed by atoms with van der Waals surface area (Å²) in [6, 6.07) is 5.23. The van der Waals surface area contributed by atoms with E-state index in [1.165, 1.54) is 13.2 Å². The lowest BCUT2D eigenvalue weighted by Crippen LogP contribution is -2.38. The highest BCUT2D eigenvalue weighted by Gasteiger charge is 2.19. The Bertz CT molecular complexity index is 443. The fourth-order valence-electron chi connectivity index (χ4n) is 2.95. The van der Waals surface area contributed by atoms with E-state index in [0.717, 1.165) is 18.4 Å². The maximum absolute atomic E-state index is 13.7. The highest BCUT2D eigenvalue weighted by Crippen LogP contribution is 2.27. The molecule has 0 fully saturated rings. The summed E-state index contributed by atoms with van der Waals surface area (Å²) in [5.74, 6) is 6.17. The Balaban J connectivity index is 2.63. The van der Waals surface area contributed by atoms with Crippen molar-refractivity contribution in [3.05, 3.63) is 29.6 Å². The number of hydrogen-bond acceptors (Lipinski definition) is 3. The Morgan fingerprint density at radius 2 is 2.00 bits per heavy atom. The van der Waals surface area contributed by atoms with Gasteiger partial charge >= 0.3 is 0 Å². The number of nitrogens with one attached hydrogen (secondary N) is 1. The van der Waals surface area contributed by atoms with Gasteiger partial charge in [0.2, 0.25) is 0 Å². The molecule has 2 unspecified atom stereocenters. The molecule has 1 aromatic carbocycles. The summed E-state index contributed by atoms with van der Waals surface area (Å²) in [7, 11) is 1.47. The highest BCUT2D eigenvalue weighted by atomic mass is 19.1. The van der Waals surface area contributed by atoms with E-state index in [0.29, 0.717) is 17.8 Å². The Morgan fingerprint density at radius 1 is 1.33 bits per heavy atom. The molecule has 4 heteroatoms. The van der Waals surface area contributed by atoms with Crippen molar-refractivity contribution in [2.24, 2.45) is 17.2 Å². The third kappa shape index (κ3) is 6.44. The Kier molecular flexibility index (Phi) is 6.62. The van der Waals surface area contributed by atoms with E-state index in [1.54, 1.807) is 6.07 Å². The zero-order valence-electron chi connectivity index (χ0n) is 13.9. The van der Waals surface area contributed by atoms with E-state index < -0.39 is 0 Å². The van der Waals surface area contributed by atoms with Crippen molar-refractivity contribution >= 4 is 0 Å². The summed E-state index contributed by atoms with van der Waals surface area (Å²) < 4.78 is 18.6. The lowest BCUT2D eigenvalue weighted by molar-refractivity contribution is 0.274. The first kappa shape index (κ1) is 17.9. The maximum atomic E-state index is 13.7. The van der Waals surface area contributed by atoms with Crippen LogP contribution in [0.25, 0.3) is 0 Å². The van der Waals surface area contributed by atoms with Crippen LogP contribution in [0.5, 0.6) is 5.75 Å². The van der Waals surface area contributed by atoms with Crippen LogP contribution < -0.4 is 16.0 Å². The van der Waals surface area contributed by atoms with Crippen molar-refractivity contribution in [2.45, 2.75) is 53.0 Å². The van der Waals surface area contributed by atoms with Crippen molar-refractivity contribution in [1.29, 1.82) is 0 Å². The van der Waals surface area contributed by atoms with Gasteiger partial charge in [0.1, 0.15) is 0 Å². The van der Waals surface area contributed by atoms with Crippen LogP contribution in [0.4, 0.5) is 4.39 Å². The number of nitrogens with two attached hydrogens (primary N) is 1. The second kappa shape index (κ2) is 7.76. The van der Waals surface area contributed by atoms with Crippen LogP contribution in [0.2, 0.25) is 0 Å². The molecule has 0 aliphatic heterocycles. The number of hydrogen-bond donors (Lipinski definition) is 2. The molecule has 0 saturated heterocycles. The minimum Gasteiger partial charge on any atom is -0.494 e. The van der Waals surface area contributed by atoms with Crippen molar-refractivity contribution in [3.63, 3.8) is 0 Å². The molecule has 0 heterocycles. The molecule has 3 N–H and O–H groups in total. The number of methoxy groups -OCH3 is 1. The molecule has 120 valence electrons. The summed E-state index contributed by atoms with van der Waals surface area (Å²) in [4.78, 5) is 0. The van der Waals surface area contributed by atoms with Gasteiger partial charge in [0.05, 0.1) is 7.11 Å². The van der Waals surface area contributed by atoms with Gasteiger partial charge in [-0.25, -0.2) is 4.39 Å². The molecule has 1 rings (SSSR count). The Morgan fingerprint density at radius 3 is 2.48 bits per heavy atom. The summed E-state index contributed by atoms with van der Waals surface area (Å²) in [5.41, 5.74) is 4.10. The second-order valence-corrected chi connectivity index (χ2v) is 7.14. The average Bonchev–Trinajstić information content (AvgIpc) is 2.36. The summed E-state index contributed by atoms with van der Waals surface area (Å²) in [6.45, 7) is 8.97. The molecule has 3 nitrogen and oxygen atoms in total. The van der Waals surface area contributed by atoms with Gasteiger partial charge in [0, 0.05) is 6.04 Å². The lowest BCUT2D eigenvalue weighted by atomic mass is 9.82. The monoisotopic (exact) mass is 296 g/mol. The topological polar surface area (TPSA) is 47.3 Å². The molecule has 0 radical (unpaired) electrons. The van der Waals surface area contributed by atoms with Crippen LogP contribution in [0.3, 0.4) is 0 Å². The molecule has 0 amide bonds. The van der Waals surface area contributed by atoms with Crippen LogP contribution in [-0.4, -0.2) is 13.2 Å². The molecule has 0 saturated carbocycles. The van der Waals surface area contributed by atoms with Gasteiger partial charge < -0.3 is 4.74 Å². The van der Waals surface area contributed by atoms with Crippen molar-refractivity contribution in [3.8, 4) is 5.75 Å². The van der Waals surface area contributed by atoms with Crippen LogP contribution in [0.15, 0.2) is 18.2 Å². The van der Waals surface area contributed by atoms with Crippen LogP contribution in [0.1, 0.15) is 46.1 Å². The second-order valence-electron chi connectivity index (χ2n) is 7.14. The molecule has 21 heavy (non-hydrogen) atoms. The minimum atomic E-state index is -0.325. The zero-order chi connectivity index (χ0) is 16.0. The first-order valence-corrected chi connectivity index (χ1v) is 7.53. The predicted molar refractivity (Wildman–Crippen MR) is 85.6 cm³/mol. The van der Waals surface area contributed by atoms with Crippen molar-refractivity contribution in [1.82, 2.24) is 5.43 Å².